The summed E-state index contributed by atoms with van der Waals surface area (Å²) in [6.45, 7) is -0.789. The molecule has 3 aromatic carbocycles. The highest BCUT2D eigenvalue weighted by Gasteiger charge is 2.29. The molecule has 1 amide bonds. The van der Waals surface area contributed by atoms with Gasteiger partial charge in [-0.05, 0) is 35.9 Å². The summed E-state index contributed by atoms with van der Waals surface area (Å²) in [5, 5.41) is 2.35. The summed E-state index contributed by atoms with van der Waals surface area (Å²) in [4.78, 5) is 12.3. The summed E-state index contributed by atoms with van der Waals surface area (Å²) in [7, 11) is -4.25. The van der Waals surface area contributed by atoms with E-state index in [9.17, 15) is 22.0 Å². The molecule has 0 unspecified atom stereocenters. The maximum Gasteiger partial charge on any atom is 0.245 e. The van der Waals surface area contributed by atoms with Crippen molar-refractivity contribution in [1.29, 1.82) is 0 Å². The average Bonchev–Trinajstić information content (AvgIpc) is 2.72. The van der Waals surface area contributed by atoms with E-state index in [1.807, 2.05) is 0 Å². The third-order valence-electron chi connectivity index (χ3n) is 4.24. The minimum absolute atomic E-state index is 0.0625. The van der Waals surface area contributed by atoms with Crippen LogP contribution in [0.5, 0.6) is 0 Å². The van der Waals surface area contributed by atoms with Crippen molar-refractivity contribution in [1.82, 2.24) is 4.31 Å². The van der Waals surface area contributed by atoms with E-state index < -0.39 is 34.1 Å². The van der Waals surface area contributed by atoms with Crippen LogP contribution in [0.25, 0.3) is 0 Å². The Bertz CT molecular complexity index is 1210. The first-order chi connectivity index (χ1) is 14.7. The molecular weight excluding hydrogens is 469 g/mol. The summed E-state index contributed by atoms with van der Waals surface area (Å²) in [5.74, 6) is -2.61. The Morgan fingerprint density at radius 3 is 2.35 bits per heavy atom. The molecule has 162 valence electrons. The maximum absolute atomic E-state index is 13.9. The van der Waals surface area contributed by atoms with Crippen LogP contribution < -0.4 is 5.32 Å². The zero-order chi connectivity index (χ0) is 22.6. The molecule has 0 fully saturated rings. The summed E-state index contributed by atoms with van der Waals surface area (Å²) in [6.07, 6.45) is 0. The van der Waals surface area contributed by atoms with Gasteiger partial charge in [-0.2, -0.15) is 4.31 Å². The number of carbonyl (C=O) groups is 1. The van der Waals surface area contributed by atoms with E-state index in [0.29, 0.717) is 11.6 Å². The van der Waals surface area contributed by atoms with Gasteiger partial charge < -0.3 is 5.32 Å². The number of nitrogens with zero attached hydrogens (tertiary/aromatic N) is 1. The molecule has 0 bridgehead atoms. The van der Waals surface area contributed by atoms with Gasteiger partial charge in [0.15, 0.2) is 0 Å². The first-order valence-corrected chi connectivity index (χ1v) is 11.1. The topological polar surface area (TPSA) is 66.5 Å². The van der Waals surface area contributed by atoms with Crippen molar-refractivity contribution < 1.29 is 22.0 Å². The van der Waals surface area contributed by atoms with Crippen LogP contribution in [0, 0.1) is 11.6 Å². The first-order valence-electron chi connectivity index (χ1n) is 8.91. The van der Waals surface area contributed by atoms with Crippen molar-refractivity contribution in [3.63, 3.8) is 0 Å². The van der Waals surface area contributed by atoms with E-state index in [-0.39, 0.29) is 27.2 Å². The van der Waals surface area contributed by atoms with Crippen LogP contribution in [-0.2, 0) is 21.4 Å². The number of sulfonamides is 1. The zero-order valence-electron chi connectivity index (χ0n) is 15.9. The number of hydrogen-bond acceptors (Lipinski definition) is 3. The lowest BCUT2D eigenvalue weighted by Gasteiger charge is -2.22. The monoisotopic (exact) mass is 484 g/mol. The van der Waals surface area contributed by atoms with Crippen molar-refractivity contribution in [2.75, 3.05) is 11.9 Å². The third-order valence-corrected chi connectivity index (χ3v) is 6.75. The number of hydrogen-bond donors (Lipinski definition) is 1. The van der Waals surface area contributed by atoms with Gasteiger partial charge in [0.25, 0.3) is 0 Å². The van der Waals surface area contributed by atoms with E-state index in [0.717, 1.165) is 16.4 Å². The molecule has 3 aromatic rings. The molecule has 0 saturated heterocycles. The Hall–Kier alpha value is -2.52. The average molecular weight is 485 g/mol. The lowest BCUT2D eigenvalue weighted by molar-refractivity contribution is -0.116. The number of halogens is 4. The second-order valence-electron chi connectivity index (χ2n) is 6.51. The molecule has 31 heavy (non-hydrogen) atoms. The molecular formula is C21H16Cl2F2N2O3S. The number of rotatable bonds is 7. The van der Waals surface area contributed by atoms with Gasteiger partial charge in [-0.25, -0.2) is 17.2 Å². The molecule has 0 atom stereocenters. The molecule has 0 aliphatic carbocycles. The molecule has 5 nitrogen and oxygen atoms in total. The minimum Gasteiger partial charge on any atom is -0.322 e. The van der Waals surface area contributed by atoms with Gasteiger partial charge in [0, 0.05) is 17.6 Å². The number of carbonyl (C=O) groups excluding carboxylic acids is 1. The standard InChI is InChI=1S/C21H16Cl2F2N2O3S/c22-15-6-8-17(23)20(10-15)31(29,30)27(12-14-4-2-1-3-5-14)13-21(28)26-19-9-7-16(24)11-18(19)25/h1-11H,12-13H2,(H,26,28). The molecule has 3 rings (SSSR count). The van der Waals surface area contributed by atoms with E-state index >= 15 is 0 Å². The van der Waals surface area contributed by atoms with Crippen LogP contribution in [0.4, 0.5) is 14.5 Å². The molecule has 0 aromatic heterocycles. The lowest BCUT2D eigenvalue weighted by Crippen LogP contribution is -2.37. The molecule has 0 saturated carbocycles. The van der Waals surface area contributed by atoms with Gasteiger partial charge >= 0.3 is 0 Å². The largest absolute Gasteiger partial charge is 0.322 e. The van der Waals surface area contributed by atoms with Crippen molar-refractivity contribution in [2.45, 2.75) is 11.4 Å². The van der Waals surface area contributed by atoms with Gasteiger partial charge in [0.05, 0.1) is 17.3 Å². The van der Waals surface area contributed by atoms with Crippen LogP contribution >= 0.6 is 23.2 Å². The molecule has 0 spiro atoms. The quantitative estimate of drug-likeness (QED) is 0.507. The fourth-order valence-electron chi connectivity index (χ4n) is 2.77. The second-order valence-corrected chi connectivity index (χ2v) is 9.26. The Morgan fingerprint density at radius 1 is 0.968 bits per heavy atom. The fourth-order valence-corrected chi connectivity index (χ4v) is 4.89. The SMILES string of the molecule is O=C(CN(Cc1ccccc1)S(=O)(=O)c1cc(Cl)ccc1Cl)Nc1ccc(F)cc1F. The molecule has 1 N–H and O–H groups in total. The predicted molar refractivity (Wildman–Crippen MR) is 115 cm³/mol. The van der Waals surface area contributed by atoms with E-state index in [1.165, 1.54) is 18.2 Å². The van der Waals surface area contributed by atoms with Crippen molar-refractivity contribution >= 4 is 44.8 Å². The first kappa shape index (κ1) is 23.1. The Kier molecular flexibility index (Phi) is 7.27. The van der Waals surface area contributed by atoms with Crippen molar-refractivity contribution in [3.05, 3.63) is 94.0 Å². The van der Waals surface area contributed by atoms with E-state index in [4.69, 9.17) is 23.2 Å². The smallest absolute Gasteiger partial charge is 0.245 e. The summed E-state index contributed by atoms with van der Waals surface area (Å²) in [5.41, 5.74) is 0.342. The highest BCUT2D eigenvalue weighted by atomic mass is 35.5. The van der Waals surface area contributed by atoms with Gasteiger partial charge in [0.2, 0.25) is 15.9 Å². The summed E-state index contributed by atoms with van der Waals surface area (Å²) >= 11 is 12.0. The Balaban J connectivity index is 1.92. The zero-order valence-corrected chi connectivity index (χ0v) is 18.2. The van der Waals surface area contributed by atoms with Crippen molar-refractivity contribution in [2.24, 2.45) is 0 Å². The molecule has 0 radical (unpaired) electrons. The minimum atomic E-state index is -4.25. The maximum atomic E-state index is 13.9. The molecule has 0 aliphatic rings. The Labute approximate surface area is 188 Å². The lowest BCUT2D eigenvalue weighted by atomic mass is 10.2. The van der Waals surface area contributed by atoms with Crippen LogP contribution in [0.3, 0.4) is 0 Å². The Morgan fingerprint density at radius 2 is 1.68 bits per heavy atom. The van der Waals surface area contributed by atoms with Gasteiger partial charge in [-0.3, -0.25) is 4.79 Å². The summed E-state index contributed by atoms with van der Waals surface area (Å²) in [6, 6.07) is 15.2. The summed E-state index contributed by atoms with van der Waals surface area (Å²) < 4.78 is 54.4. The van der Waals surface area contributed by atoms with Gasteiger partial charge in [-0.15, -0.1) is 0 Å². The van der Waals surface area contributed by atoms with Crippen LogP contribution in [0.15, 0.2) is 71.6 Å². The van der Waals surface area contributed by atoms with E-state index in [2.05, 4.69) is 5.32 Å². The molecule has 0 aliphatic heterocycles. The highest BCUT2D eigenvalue weighted by Crippen LogP contribution is 2.28. The van der Waals surface area contributed by atoms with Crippen LogP contribution in [-0.4, -0.2) is 25.2 Å². The third kappa shape index (κ3) is 5.80. The number of anilines is 1. The molecule has 0 heterocycles. The van der Waals surface area contributed by atoms with Crippen LogP contribution in [0.2, 0.25) is 10.0 Å². The van der Waals surface area contributed by atoms with Gasteiger partial charge in [-0.1, -0.05) is 53.5 Å². The normalized spacial score (nSPS) is 11.5. The van der Waals surface area contributed by atoms with Gasteiger partial charge in [0.1, 0.15) is 16.5 Å². The highest BCUT2D eigenvalue weighted by molar-refractivity contribution is 7.89. The number of benzene rings is 3. The molecule has 10 heteroatoms. The number of nitrogens with one attached hydrogen (secondary N) is 1. The van der Waals surface area contributed by atoms with Crippen molar-refractivity contribution in [3.8, 4) is 0 Å². The van der Waals surface area contributed by atoms with E-state index in [1.54, 1.807) is 30.3 Å². The number of amides is 1. The predicted octanol–water partition coefficient (Wildman–Crippen LogP) is 5.10. The van der Waals surface area contributed by atoms with Crippen LogP contribution in [0.1, 0.15) is 5.56 Å². The second kappa shape index (κ2) is 9.74. The fraction of sp³-hybridized carbons (Fsp3) is 0.0952.